The maximum Gasteiger partial charge on any atom is 0.234 e. The molecule has 1 heterocycles. The average Bonchev–Trinajstić information content (AvgIpc) is 2.28. The summed E-state index contributed by atoms with van der Waals surface area (Å²) in [6, 6.07) is 7.20. The predicted octanol–water partition coefficient (Wildman–Crippen LogP) is 2.00. The molecule has 1 fully saturated rings. The highest BCUT2D eigenvalue weighted by Crippen LogP contribution is 2.26. The van der Waals surface area contributed by atoms with E-state index in [4.69, 9.17) is 5.73 Å². The molecule has 96 valence electrons. The quantitative estimate of drug-likeness (QED) is 0.812. The van der Waals surface area contributed by atoms with Crippen molar-refractivity contribution in [2.75, 3.05) is 4.90 Å². The molecule has 4 heteroatoms. The standard InChI is InChI=1S/C14H18N2O2/c1-9-6-13(17)16(14(18)7-9)12-5-3-4-11(8-12)10(2)15/h3-5,8-10H,6-7,15H2,1-2H3. The fraction of sp³-hybridized carbons (Fsp3) is 0.429. The molecule has 1 aromatic carbocycles. The first-order chi connectivity index (χ1) is 8.49. The number of carbonyl (C=O) groups is 2. The van der Waals surface area contributed by atoms with Gasteiger partial charge >= 0.3 is 0 Å². The van der Waals surface area contributed by atoms with Crippen molar-refractivity contribution in [3.8, 4) is 0 Å². The second-order valence-electron chi connectivity index (χ2n) is 5.02. The van der Waals surface area contributed by atoms with E-state index in [1.54, 1.807) is 6.07 Å². The molecule has 1 unspecified atom stereocenters. The van der Waals surface area contributed by atoms with Crippen LogP contribution in [0.3, 0.4) is 0 Å². The van der Waals surface area contributed by atoms with Gasteiger partial charge in [-0.25, -0.2) is 0 Å². The van der Waals surface area contributed by atoms with Crippen molar-refractivity contribution in [3.05, 3.63) is 29.8 Å². The van der Waals surface area contributed by atoms with Gasteiger partial charge in [0.05, 0.1) is 5.69 Å². The number of amides is 2. The SMILES string of the molecule is CC1CC(=O)N(c2cccc(C(C)N)c2)C(=O)C1. The molecular weight excluding hydrogens is 228 g/mol. The van der Waals surface area contributed by atoms with Crippen molar-refractivity contribution in [2.24, 2.45) is 11.7 Å². The monoisotopic (exact) mass is 246 g/mol. The van der Waals surface area contributed by atoms with Gasteiger partial charge in [-0.05, 0) is 30.5 Å². The van der Waals surface area contributed by atoms with Crippen LogP contribution in [0.1, 0.15) is 38.3 Å². The summed E-state index contributed by atoms with van der Waals surface area (Å²) in [6.07, 6.45) is 0.849. The number of imide groups is 1. The highest BCUT2D eigenvalue weighted by Gasteiger charge is 2.31. The molecule has 0 aliphatic carbocycles. The van der Waals surface area contributed by atoms with E-state index in [2.05, 4.69) is 0 Å². The van der Waals surface area contributed by atoms with Gasteiger partial charge in [-0.15, -0.1) is 0 Å². The molecule has 18 heavy (non-hydrogen) atoms. The minimum atomic E-state index is -0.124. The Balaban J connectivity index is 2.33. The maximum absolute atomic E-state index is 12.0. The summed E-state index contributed by atoms with van der Waals surface area (Å²) in [6.45, 7) is 3.80. The number of nitrogens with zero attached hydrogens (tertiary/aromatic N) is 1. The van der Waals surface area contributed by atoms with E-state index in [-0.39, 0.29) is 23.8 Å². The predicted molar refractivity (Wildman–Crippen MR) is 69.9 cm³/mol. The van der Waals surface area contributed by atoms with E-state index in [0.29, 0.717) is 18.5 Å². The largest absolute Gasteiger partial charge is 0.324 e. The van der Waals surface area contributed by atoms with Crippen molar-refractivity contribution in [3.63, 3.8) is 0 Å². The van der Waals surface area contributed by atoms with Crippen LogP contribution in [0.4, 0.5) is 5.69 Å². The van der Waals surface area contributed by atoms with Gasteiger partial charge in [0, 0.05) is 18.9 Å². The molecule has 0 bridgehead atoms. The zero-order valence-corrected chi connectivity index (χ0v) is 10.7. The van der Waals surface area contributed by atoms with E-state index in [0.717, 1.165) is 5.56 Å². The van der Waals surface area contributed by atoms with Crippen molar-refractivity contribution < 1.29 is 9.59 Å². The number of carbonyl (C=O) groups excluding carboxylic acids is 2. The van der Waals surface area contributed by atoms with Gasteiger partial charge in [-0.1, -0.05) is 19.1 Å². The van der Waals surface area contributed by atoms with E-state index in [9.17, 15) is 9.59 Å². The second-order valence-corrected chi connectivity index (χ2v) is 5.02. The number of hydrogen-bond donors (Lipinski definition) is 1. The molecule has 1 aromatic rings. The Labute approximate surface area is 107 Å². The third-order valence-electron chi connectivity index (χ3n) is 3.20. The molecule has 1 aliphatic heterocycles. The molecule has 0 spiro atoms. The zero-order chi connectivity index (χ0) is 13.3. The Morgan fingerprint density at radius 3 is 2.44 bits per heavy atom. The molecule has 1 aliphatic rings. The lowest BCUT2D eigenvalue weighted by Crippen LogP contribution is -2.42. The van der Waals surface area contributed by atoms with Crippen LogP contribution < -0.4 is 10.6 Å². The van der Waals surface area contributed by atoms with Gasteiger partial charge < -0.3 is 5.73 Å². The number of benzene rings is 1. The molecule has 1 saturated heterocycles. The van der Waals surface area contributed by atoms with Gasteiger partial charge in [0.1, 0.15) is 0 Å². The van der Waals surface area contributed by atoms with E-state index in [1.165, 1.54) is 4.90 Å². The van der Waals surface area contributed by atoms with Gasteiger partial charge in [0.25, 0.3) is 0 Å². The minimum Gasteiger partial charge on any atom is -0.324 e. The van der Waals surface area contributed by atoms with Crippen molar-refractivity contribution in [2.45, 2.75) is 32.7 Å². The summed E-state index contributed by atoms with van der Waals surface area (Å²) >= 11 is 0. The third kappa shape index (κ3) is 2.43. The van der Waals surface area contributed by atoms with Gasteiger partial charge in [-0.3, -0.25) is 14.5 Å². The summed E-state index contributed by atoms with van der Waals surface area (Å²) in [5, 5.41) is 0. The summed E-state index contributed by atoms with van der Waals surface area (Å²) < 4.78 is 0. The Morgan fingerprint density at radius 2 is 1.89 bits per heavy atom. The van der Waals surface area contributed by atoms with Gasteiger partial charge in [-0.2, -0.15) is 0 Å². The first-order valence-corrected chi connectivity index (χ1v) is 6.20. The fourth-order valence-corrected chi connectivity index (χ4v) is 2.23. The summed E-state index contributed by atoms with van der Waals surface area (Å²) in [5.74, 6) is -0.112. The van der Waals surface area contributed by atoms with Crippen LogP contribution in [-0.4, -0.2) is 11.8 Å². The van der Waals surface area contributed by atoms with E-state index >= 15 is 0 Å². The van der Waals surface area contributed by atoms with Crippen LogP contribution >= 0.6 is 0 Å². The molecule has 4 nitrogen and oxygen atoms in total. The first kappa shape index (κ1) is 12.8. The molecule has 0 aromatic heterocycles. The van der Waals surface area contributed by atoms with Crippen molar-refractivity contribution in [1.29, 1.82) is 0 Å². The van der Waals surface area contributed by atoms with Crippen LogP contribution in [-0.2, 0) is 9.59 Å². The second kappa shape index (κ2) is 4.90. The summed E-state index contributed by atoms with van der Waals surface area (Å²) in [5.41, 5.74) is 7.37. The van der Waals surface area contributed by atoms with Crippen LogP contribution in [0.25, 0.3) is 0 Å². The number of hydrogen-bond acceptors (Lipinski definition) is 3. The number of nitrogens with two attached hydrogens (primary N) is 1. The zero-order valence-electron chi connectivity index (χ0n) is 10.7. The van der Waals surface area contributed by atoms with Crippen LogP contribution in [0.2, 0.25) is 0 Å². The molecule has 2 amide bonds. The summed E-state index contributed by atoms with van der Waals surface area (Å²) in [7, 11) is 0. The summed E-state index contributed by atoms with van der Waals surface area (Å²) in [4.78, 5) is 25.2. The normalized spacial score (nSPS) is 19.2. The van der Waals surface area contributed by atoms with Crippen molar-refractivity contribution >= 4 is 17.5 Å². The van der Waals surface area contributed by atoms with E-state index in [1.807, 2.05) is 32.0 Å². The van der Waals surface area contributed by atoms with Crippen LogP contribution in [0, 0.1) is 5.92 Å². The average molecular weight is 246 g/mol. The molecule has 0 radical (unpaired) electrons. The lowest BCUT2D eigenvalue weighted by atomic mass is 9.97. The Hall–Kier alpha value is -1.68. The lowest BCUT2D eigenvalue weighted by Gasteiger charge is -2.28. The first-order valence-electron chi connectivity index (χ1n) is 6.20. The van der Waals surface area contributed by atoms with E-state index < -0.39 is 0 Å². The Kier molecular flexibility index (Phi) is 3.48. The molecular formula is C14H18N2O2. The minimum absolute atomic E-state index is 0.112. The van der Waals surface area contributed by atoms with Crippen molar-refractivity contribution in [1.82, 2.24) is 0 Å². The topological polar surface area (TPSA) is 63.4 Å². The van der Waals surface area contributed by atoms with Gasteiger partial charge in [0.2, 0.25) is 11.8 Å². The fourth-order valence-electron chi connectivity index (χ4n) is 2.23. The van der Waals surface area contributed by atoms with Crippen LogP contribution in [0.5, 0.6) is 0 Å². The van der Waals surface area contributed by atoms with Gasteiger partial charge in [0.15, 0.2) is 0 Å². The number of rotatable bonds is 2. The van der Waals surface area contributed by atoms with Crippen LogP contribution in [0.15, 0.2) is 24.3 Å². The molecule has 1 atom stereocenters. The molecule has 2 N–H and O–H groups in total. The Morgan fingerprint density at radius 1 is 1.28 bits per heavy atom. The third-order valence-corrected chi connectivity index (χ3v) is 3.20. The number of anilines is 1. The lowest BCUT2D eigenvalue weighted by molar-refractivity contribution is -0.130. The highest BCUT2D eigenvalue weighted by atomic mass is 16.2. The number of piperidine rings is 1. The molecule has 2 rings (SSSR count). The Bertz CT molecular complexity index is 464. The smallest absolute Gasteiger partial charge is 0.234 e. The highest BCUT2D eigenvalue weighted by molar-refractivity contribution is 6.16. The maximum atomic E-state index is 12.0. The molecule has 0 saturated carbocycles.